The van der Waals surface area contributed by atoms with Gasteiger partial charge in [0.25, 0.3) is 5.91 Å². The molecule has 1 aliphatic rings. The van der Waals surface area contributed by atoms with Gasteiger partial charge < -0.3 is 10.6 Å². The second-order valence-electron chi connectivity index (χ2n) is 5.67. The Hall–Kier alpha value is -2.00. The number of carbonyl (C=O) groups is 1. The SMILES string of the molecule is Cc1ccc(C(=O)Nc2ccc3c(c2)CCCN3)c(C)c1.Cl. The van der Waals surface area contributed by atoms with Crippen molar-refractivity contribution in [1.29, 1.82) is 0 Å². The Morgan fingerprint density at radius 3 is 2.73 bits per heavy atom. The number of rotatable bonds is 2. The highest BCUT2D eigenvalue weighted by atomic mass is 35.5. The molecule has 4 heteroatoms. The first-order chi connectivity index (χ1) is 10.1. The first kappa shape index (κ1) is 16.4. The molecule has 0 saturated carbocycles. The summed E-state index contributed by atoms with van der Waals surface area (Å²) in [6, 6.07) is 12.0. The van der Waals surface area contributed by atoms with Gasteiger partial charge in [-0.15, -0.1) is 12.4 Å². The number of aryl methyl sites for hydroxylation is 3. The maximum Gasteiger partial charge on any atom is 0.255 e. The average molecular weight is 317 g/mol. The van der Waals surface area contributed by atoms with Crippen LogP contribution in [-0.4, -0.2) is 12.5 Å². The number of halogens is 1. The van der Waals surface area contributed by atoms with Crippen LogP contribution in [0.2, 0.25) is 0 Å². The standard InChI is InChI=1S/C18H20N2O.ClH/c1-12-5-7-16(13(2)10-12)18(21)20-15-6-8-17-14(11-15)4-3-9-19-17;/h5-8,10-11,19H,3-4,9H2,1-2H3,(H,20,21);1H. The molecule has 2 N–H and O–H groups in total. The van der Waals surface area contributed by atoms with Gasteiger partial charge in [-0.05, 0) is 62.1 Å². The van der Waals surface area contributed by atoms with Gasteiger partial charge >= 0.3 is 0 Å². The lowest BCUT2D eigenvalue weighted by atomic mass is 10.0. The third-order valence-electron chi connectivity index (χ3n) is 3.93. The van der Waals surface area contributed by atoms with Gasteiger partial charge in [0.2, 0.25) is 0 Å². The first-order valence-corrected chi connectivity index (χ1v) is 7.39. The first-order valence-electron chi connectivity index (χ1n) is 7.39. The molecule has 116 valence electrons. The van der Waals surface area contributed by atoms with Crippen molar-refractivity contribution < 1.29 is 4.79 Å². The van der Waals surface area contributed by atoms with Gasteiger partial charge in [-0.2, -0.15) is 0 Å². The molecular weight excluding hydrogens is 296 g/mol. The maximum absolute atomic E-state index is 12.4. The Labute approximate surface area is 137 Å². The van der Waals surface area contributed by atoms with Crippen LogP contribution < -0.4 is 10.6 Å². The highest BCUT2D eigenvalue weighted by molar-refractivity contribution is 6.05. The minimum atomic E-state index is -0.0452. The van der Waals surface area contributed by atoms with Gasteiger partial charge in [0.05, 0.1) is 0 Å². The normalized spacial score (nSPS) is 12.6. The van der Waals surface area contributed by atoms with E-state index >= 15 is 0 Å². The quantitative estimate of drug-likeness (QED) is 0.865. The summed E-state index contributed by atoms with van der Waals surface area (Å²) in [6.07, 6.45) is 2.21. The van der Waals surface area contributed by atoms with Crippen molar-refractivity contribution >= 4 is 29.7 Å². The minimum absolute atomic E-state index is 0. The topological polar surface area (TPSA) is 41.1 Å². The lowest BCUT2D eigenvalue weighted by molar-refractivity contribution is 0.102. The molecule has 3 rings (SSSR count). The smallest absolute Gasteiger partial charge is 0.255 e. The fourth-order valence-corrected chi connectivity index (χ4v) is 2.82. The third-order valence-corrected chi connectivity index (χ3v) is 3.93. The molecule has 0 aliphatic carbocycles. The monoisotopic (exact) mass is 316 g/mol. The molecule has 0 radical (unpaired) electrons. The summed E-state index contributed by atoms with van der Waals surface area (Å²) in [5.74, 6) is -0.0452. The predicted molar refractivity (Wildman–Crippen MR) is 94.4 cm³/mol. The molecule has 1 amide bonds. The van der Waals surface area contributed by atoms with Crippen LogP contribution in [0, 0.1) is 13.8 Å². The van der Waals surface area contributed by atoms with Crippen molar-refractivity contribution in [3.8, 4) is 0 Å². The largest absolute Gasteiger partial charge is 0.385 e. The lowest BCUT2D eigenvalue weighted by Gasteiger charge is -2.19. The number of hydrogen-bond donors (Lipinski definition) is 2. The molecule has 0 bridgehead atoms. The Kier molecular flexibility index (Phi) is 5.09. The summed E-state index contributed by atoms with van der Waals surface area (Å²) in [4.78, 5) is 12.4. The number of benzene rings is 2. The van der Waals surface area contributed by atoms with Crippen LogP contribution >= 0.6 is 12.4 Å². The summed E-state index contributed by atoms with van der Waals surface area (Å²) in [5, 5.41) is 6.38. The molecule has 1 aliphatic heterocycles. The van der Waals surface area contributed by atoms with Crippen molar-refractivity contribution in [3.05, 3.63) is 58.7 Å². The van der Waals surface area contributed by atoms with E-state index in [1.165, 1.54) is 16.8 Å². The van der Waals surface area contributed by atoms with E-state index in [9.17, 15) is 4.79 Å². The minimum Gasteiger partial charge on any atom is -0.385 e. The predicted octanol–water partition coefficient (Wildman–Crippen LogP) is 4.34. The Morgan fingerprint density at radius 2 is 1.95 bits per heavy atom. The van der Waals surface area contributed by atoms with Gasteiger partial charge in [0.1, 0.15) is 0 Å². The van der Waals surface area contributed by atoms with Gasteiger partial charge in [-0.1, -0.05) is 17.7 Å². The summed E-state index contributed by atoms with van der Waals surface area (Å²) in [7, 11) is 0. The maximum atomic E-state index is 12.4. The molecule has 0 fully saturated rings. The van der Waals surface area contributed by atoms with Gasteiger partial charge in [-0.3, -0.25) is 4.79 Å². The van der Waals surface area contributed by atoms with E-state index in [0.717, 1.165) is 36.2 Å². The Morgan fingerprint density at radius 1 is 1.14 bits per heavy atom. The third kappa shape index (κ3) is 3.42. The average Bonchev–Trinajstić information content (AvgIpc) is 2.47. The number of carbonyl (C=O) groups excluding carboxylic acids is 1. The molecule has 0 atom stereocenters. The summed E-state index contributed by atoms with van der Waals surface area (Å²) in [5.41, 5.74) is 6.24. The second kappa shape index (κ2) is 6.84. The summed E-state index contributed by atoms with van der Waals surface area (Å²) >= 11 is 0. The lowest BCUT2D eigenvalue weighted by Crippen LogP contribution is -2.15. The van der Waals surface area contributed by atoms with Crippen molar-refractivity contribution in [2.75, 3.05) is 17.2 Å². The van der Waals surface area contributed by atoms with E-state index in [-0.39, 0.29) is 18.3 Å². The van der Waals surface area contributed by atoms with Crippen molar-refractivity contribution in [3.63, 3.8) is 0 Å². The van der Waals surface area contributed by atoms with E-state index in [1.807, 2.05) is 44.2 Å². The van der Waals surface area contributed by atoms with Crippen molar-refractivity contribution in [2.45, 2.75) is 26.7 Å². The van der Waals surface area contributed by atoms with Crippen LogP contribution in [0.3, 0.4) is 0 Å². The van der Waals surface area contributed by atoms with Crippen LogP contribution in [0.5, 0.6) is 0 Å². The number of amides is 1. The van der Waals surface area contributed by atoms with Gasteiger partial charge in [-0.25, -0.2) is 0 Å². The van der Waals surface area contributed by atoms with E-state index in [0.29, 0.717) is 0 Å². The van der Waals surface area contributed by atoms with Crippen molar-refractivity contribution in [1.82, 2.24) is 0 Å². The number of anilines is 2. The molecule has 0 saturated heterocycles. The number of hydrogen-bond acceptors (Lipinski definition) is 2. The van der Waals surface area contributed by atoms with Crippen LogP contribution in [-0.2, 0) is 6.42 Å². The molecule has 22 heavy (non-hydrogen) atoms. The Bertz CT molecular complexity index is 697. The van der Waals surface area contributed by atoms with Crippen LogP contribution in [0.15, 0.2) is 36.4 Å². The van der Waals surface area contributed by atoms with E-state index in [4.69, 9.17) is 0 Å². The number of fused-ring (bicyclic) bond motifs is 1. The molecular formula is C18H21ClN2O. The van der Waals surface area contributed by atoms with Crippen molar-refractivity contribution in [2.24, 2.45) is 0 Å². The molecule has 1 heterocycles. The van der Waals surface area contributed by atoms with E-state index < -0.39 is 0 Å². The van der Waals surface area contributed by atoms with Crippen LogP contribution in [0.25, 0.3) is 0 Å². The highest BCUT2D eigenvalue weighted by Gasteiger charge is 2.12. The molecule has 3 nitrogen and oxygen atoms in total. The summed E-state index contributed by atoms with van der Waals surface area (Å²) < 4.78 is 0. The molecule has 0 unspecified atom stereocenters. The zero-order valence-electron chi connectivity index (χ0n) is 12.9. The molecule has 2 aromatic rings. The second-order valence-corrected chi connectivity index (χ2v) is 5.67. The molecule has 2 aromatic carbocycles. The van der Waals surface area contributed by atoms with Gasteiger partial charge in [0, 0.05) is 23.5 Å². The highest BCUT2D eigenvalue weighted by Crippen LogP contribution is 2.25. The molecule has 0 aromatic heterocycles. The number of nitrogens with one attached hydrogen (secondary N) is 2. The van der Waals surface area contributed by atoms with E-state index in [2.05, 4.69) is 16.7 Å². The molecule has 0 spiro atoms. The summed E-state index contributed by atoms with van der Waals surface area (Å²) in [6.45, 7) is 5.03. The Balaban J connectivity index is 0.00000176. The van der Waals surface area contributed by atoms with E-state index in [1.54, 1.807) is 0 Å². The fourth-order valence-electron chi connectivity index (χ4n) is 2.82. The van der Waals surface area contributed by atoms with Crippen LogP contribution in [0.4, 0.5) is 11.4 Å². The van der Waals surface area contributed by atoms with Crippen LogP contribution in [0.1, 0.15) is 33.5 Å². The zero-order valence-corrected chi connectivity index (χ0v) is 13.7. The van der Waals surface area contributed by atoms with Gasteiger partial charge in [0.15, 0.2) is 0 Å². The zero-order chi connectivity index (χ0) is 14.8. The fraction of sp³-hybridized carbons (Fsp3) is 0.278.